The predicted octanol–water partition coefficient (Wildman–Crippen LogP) is 6.53. The Morgan fingerprint density at radius 2 is 1.42 bits per heavy atom. The molecule has 0 spiro atoms. The topological polar surface area (TPSA) is 0 Å². The summed E-state index contributed by atoms with van der Waals surface area (Å²) >= 11 is 0. The largest absolute Gasteiger partial charge is 0.0773 e. The third-order valence-electron chi connectivity index (χ3n) is 4.27. The van der Waals surface area contributed by atoms with Crippen LogP contribution in [-0.2, 0) is 0 Å². The van der Waals surface area contributed by atoms with E-state index in [0.29, 0.717) is 0 Å². The predicted molar refractivity (Wildman–Crippen MR) is 87.3 cm³/mol. The van der Waals surface area contributed by atoms with E-state index in [1.165, 1.54) is 57.8 Å². The van der Waals surface area contributed by atoms with Gasteiger partial charge >= 0.3 is 0 Å². The van der Waals surface area contributed by atoms with Crippen LogP contribution >= 0.6 is 0 Å². The summed E-state index contributed by atoms with van der Waals surface area (Å²) in [5.41, 5.74) is 0. The minimum atomic E-state index is 0.725. The van der Waals surface area contributed by atoms with Gasteiger partial charge in [-0.1, -0.05) is 90.0 Å². The fourth-order valence-corrected chi connectivity index (χ4v) is 3.20. The van der Waals surface area contributed by atoms with Gasteiger partial charge in [0.15, 0.2) is 0 Å². The van der Waals surface area contributed by atoms with Crippen molar-refractivity contribution in [2.24, 2.45) is 17.8 Å². The van der Waals surface area contributed by atoms with Gasteiger partial charge in [-0.2, -0.15) is 0 Å². The summed E-state index contributed by atoms with van der Waals surface area (Å²) in [6.45, 7) is 7.01. The van der Waals surface area contributed by atoms with Crippen LogP contribution in [0.4, 0.5) is 0 Å². The summed E-state index contributed by atoms with van der Waals surface area (Å²) in [7, 11) is 0. The van der Waals surface area contributed by atoms with E-state index >= 15 is 0 Å². The Hall–Kier alpha value is -0.520. The normalized spacial score (nSPS) is 16.6. The molecule has 0 fully saturated rings. The van der Waals surface area contributed by atoms with Gasteiger partial charge in [0.2, 0.25) is 0 Å². The molecule has 1 unspecified atom stereocenters. The lowest BCUT2D eigenvalue weighted by Crippen LogP contribution is -2.12. The van der Waals surface area contributed by atoms with Gasteiger partial charge in [-0.05, 0) is 30.6 Å². The van der Waals surface area contributed by atoms with Crippen molar-refractivity contribution in [3.05, 3.63) is 24.3 Å². The number of hydrogen-bond donors (Lipinski definition) is 0. The Bertz CT molecular complexity index is 247. The average molecular weight is 262 g/mol. The molecule has 0 bridgehead atoms. The first-order valence-electron chi connectivity index (χ1n) is 8.59. The lowest BCUT2D eigenvalue weighted by atomic mass is 9.82. The number of rotatable bonds is 11. The molecular formula is C19H34. The molecule has 0 N–H and O–H groups in total. The zero-order valence-electron chi connectivity index (χ0n) is 13.4. The third-order valence-corrected chi connectivity index (χ3v) is 4.27. The van der Waals surface area contributed by atoms with Crippen LogP contribution in [0.3, 0.4) is 0 Å². The molecule has 0 heteroatoms. The summed E-state index contributed by atoms with van der Waals surface area (Å²) in [6.07, 6.45) is 22.1. The number of unbranched alkanes of at least 4 members (excludes halogenated alkanes) is 6. The second kappa shape index (κ2) is 10.3. The van der Waals surface area contributed by atoms with Crippen molar-refractivity contribution in [2.75, 3.05) is 0 Å². The molecule has 0 radical (unpaired) electrons. The molecule has 19 heavy (non-hydrogen) atoms. The van der Waals surface area contributed by atoms with Crippen LogP contribution < -0.4 is 0 Å². The molecule has 0 saturated heterocycles. The van der Waals surface area contributed by atoms with E-state index < -0.39 is 0 Å². The van der Waals surface area contributed by atoms with Gasteiger partial charge in [-0.25, -0.2) is 0 Å². The van der Waals surface area contributed by atoms with Crippen molar-refractivity contribution < 1.29 is 0 Å². The molecule has 0 amide bonds. The molecule has 0 aromatic rings. The molecule has 0 nitrogen and oxygen atoms in total. The minimum absolute atomic E-state index is 0.725. The van der Waals surface area contributed by atoms with Gasteiger partial charge in [-0.3, -0.25) is 0 Å². The summed E-state index contributed by atoms with van der Waals surface area (Å²) in [6, 6.07) is 0. The monoisotopic (exact) mass is 262 g/mol. The SMILES string of the molecule is CCCCCCCCCC(CC(C)C)C1C=CC=C1. The van der Waals surface area contributed by atoms with Crippen LogP contribution in [0.1, 0.15) is 78.6 Å². The highest BCUT2D eigenvalue weighted by molar-refractivity contribution is 5.18. The zero-order chi connectivity index (χ0) is 13.9. The molecule has 1 aliphatic carbocycles. The molecule has 0 aliphatic heterocycles. The first-order valence-corrected chi connectivity index (χ1v) is 8.59. The van der Waals surface area contributed by atoms with Crippen LogP contribution in [0.5, 0.6) is 0 Å². The molecule has 0 aromatic carbocycles. The fraction of sp³-hybridized carbons (Fsp3) is 0.789. The highest BCUT2D eigenvalue weighted by Gasteiger charge is 2.19. The van der Waals surface area contributed by atoms with E-state index in [4.69, 9.17) is 0 Å². The number of allylic oxidation sites excluding steroid dienone is 4. The Balaban J connectivity index is 2.14. The third kappa shape index (κ3) is 7.60. The zero-order valence-corrected chi connectivity index (χ0v) is 13.4. The van der Waals surface area contributed by atoms with Crippen molar-refractivity contribution in [2.45, 2.75) is 78.6 Å². The van der Waals surface area contributed by atoms with Crippen molar-refractivity contribution in [3.8, 4) is 0 Å². The lowest BCUT2D eigenvalue weighted by Gasteiger charge is -2.23. The minimum Gasteiger partial charge on any atom is -0.0773 e. The van der Waals surface area contributed by atoms with Crippen molar-refractivity contribution in [1.29, 1.82) is 0 Å². The van der Waals surface area contributed by atoms with Crippen LogP contribution in [0.25, 0.3) is 0 Å². The molecule has 1 aliphatic rings. The Kier molecular flexibility index (Phi) is 8.95. The smallest absolute Gasteiger partial charge is 0.00189 e. The van der Waals surface area contributed by atoms with Gasteiger partial charge in [-0.15, -0.1) is 0 Å². The van der Waals surface area contributed by atoms with Crippen molar-refractivity contribution >= 4 is 0 Å². The van der Waals surface area contributed by atoms with Crippen LogP contribution in [-0.4, -0.2) is 0 Å². The molecule has 0 aromatic heterocycles. The van der Waals surface area contributed by atoms with Crippen LogP contribution in [0.15, 0.2) is 24.3 Å². The van der Waals surface area contributed by atoms with Crippen LogP contribution in [0, 0.1) is 17.8 Å². The Labute approximate surface area is 121 Å². The fourth-order valence-electron chi connectivity index (χ4n) is 3.20. The summed E-state index contributed by atoms with van der Waals surface area (Å²) in [4.78, 5) is 0. The Morgan fingerprint density at radius 1 is 0.842 bits per heavy atom. The van der Waals surface area contributed by atoms with Gasteiger partial charge in [0.25, 0.3) is 0 Å². The quantitative estimate of drug-likeness (QED) is 0.371. The second-order valence-electron chi connectivity index (χ2n) is 6.65. The highest BCUT2D eigenvalue weighted by atomic mass is 14.2. The highest BCUT2D eigenvalue weighted by Crippen LogP contribution is 2.30. The lowest BCUT2D eigenvalue weighted by molar-refractivity contribution is 0.331. The molecule has 0 saturated carbocycles. The average Bonchev–Trinajstić information content (AvgIpc) is 2.89. The van der Waals surface area contributed by atoms with Gasteiger partial charge in [0, 0.05) is 0 Å². The Morgan fingerprint density at radius 3 is 2.00 bits per heavy atom. The summed E-state index contributed by atoms with van der Waals surface area (Å²) < 4.78 is 0. The van der Waals surface area contributed by atoms with E-state index in [1.807, 2.05) is 0 Å². The van der Waals surface area contributed by atoms with E-state index in [9.17, 15) is 0 Å². The molecule has 1 rings (SSSR count). The maximum atomic E-state index is 2.40. The molecule has 110 valence electrons. The number of hydrogen-bond acceptors (Lipinski definition) is 0. The van der Waals surface area contributed by atoms with Gasteiger partial charge in [0.1, 0.15) is 0 Å². The first kappa shape index (κ1) is 16.5. The first-order chi connectivity index (χ1) is 9.24. The van der Waals surface area contributed by atoms with Crippen molar-refractivity contribution in [3.63, 3.8) is 0 Å². The van der Waals surface area contributed by atoms with Gasteiger partial charge < -0.3 is 0 Å². The standard InChI is InChI=1S/C19H34/c1-4-5-6-7-8-9-10-15-19(16-17(2)3)18-13-11-12-14-18/h11-14,17-19H,4-10,15-16H2,1-3H3. The van der Waals surface area contributed by atoms with Crippen molar-refractivity contribution in [1.82, 2.24) is 0 Å². The van der Waals surface area contributed by atoms with E-state index in [1.54, 1.807) is 0 Å². The second-order valence-corrected chi connectivity index (χ2v) is 6.65. The van der Waals surface area contributed by atoms with E-state index in [-0.39, 0.29) is 0 Å². The van der Waals surface area contributed by atoms with Crippen LogP contribution in [0.2, 0.25) is 0 Å². The van der Waals surface area contributed by atoms with Gasteiger partial charge in [0.05, 0.1) is 0 Å². The maximum absolute atomic E-state index is 2.40. The molecular weight excluding hydrogens is 228 g/mol. The molecule has 1 atom stereocenters. The summed E-state index contributed by atoms with van der Waals surface area (Å²) in [5.74, 6) is 2.44. The summed E-state index contributed by atoms with van der Waals surface area (Å²) in [5, 5.41) is 0. The maximum Gasteiger partial charge on any atom is -0.00189 e. The molecule has 0 heterocycles. The van der Waals surface area contributed by atoms with E-state index in [0.717, 1.165) is 17.8 Å². The van der Waals surface area contributed by atoms with E-state index in [2.05, 4.69) is 45.1 Å².